The summed E-state index contributed by atoms with van der Waals surface area (Å²) >= 11 is 0. The molecule has 0 unspecified atom stereocenters. The van der Waals surface area contributed by atoms with E-state index in [4.69, 9.17) is 9.47 Å². The van der Waals surface area contributed by atoms with Crippen molar-refractivity contribution in [1.82, 2.24) is 0 Å². The fourth-order valence-corrected chi connectivity index (χ4v) is 4.97. The van der Waals surface area contributed by atoms with Crippen LogP contribution in [0.1, 0.15) is 0 Å². The first-order valence-corrected chi connectivity index (χ1v) is 12.1. The Kier molecular flexibility index (Phi) is 4.82. The van der Waals surface area contributed by atoms with E-state index in [1.54, 1.807) is 0 Å². The summed E-state index contributed by atoms with van der Waals surface area (Å²) in [5.74, 6) is 3.30. The summed E-state index contributed by atoms with van der Waals surface area (Å²) < 4.78 is 13.2. The zero-order valence-corrected chi connectivity index (χ0v) is 19.5. The molecule has 0 spiro atoms. The summed E-state index contributed by atoms with van der Waals surface area (Å²) in [4.78, 5) is 0. The van der Waals surface area contributed by atoms with Gasteiger partial charge in [-0.25, -0.2) is 0 Å². The summed E-state index contributed by atoms with van der Waals surface area (Å²) in [5.41, 5.74) is 0. The molecule has 0 aromatic heterocycles. The van der Waals surface area contributed by atoms with Crippen molar-refractivity contribution >= 4 is 43.1 Å². The number of hydrogen-bond acceptors (Lipinski definition) is 2. The van der Waals surface area contributed by atoms with E-state index in [1.807, 2.05) is 36.4 Å². The Morgan fingerprint density at radius 2 is 0.639 bits per heavy atom. The molecule has 7 aromatic carbocycles. The molecule has 0 radical (unpaired) electrons. The molecule has 2 heteroatoms. The molecule has 0 saturated heterocycles. The number of benzene rings is 7. The Labute approximate surface area is 208 Å². The molecule has 7 rings (SSSR count). The quantitative estimate of drug-likeness (QED) is 0.242. The molecule has 0 aliphatic heterocycles. The van der Waals surface area contributed by atoms with Crippen molar-refractivity contribution in [1.29, 1.82) is 0 Å². The smallest absolute Gasteiger partial charge is 0.143 e. The number of rotatable bonds is 4. The molecule has 0 amide bonds. The largest absolute Gasteiger partial charge is 0.456 e. The van der Waals surface area contributed by atoms with Crippen molar-refractivity contribution in [2.75, 3.05) is 0 Å². The van der Waals surface area contributed by atoms with Crippen LogP contribution >= 0.6 is 0 Å². The summed E-state index contributed by atoms with van der Waals surface area (Å²) in [5, 5.41) is 8.75. The van der Waals surface area contributed by atoms with Crippen molar-refractivity contribution in [2.45, 2.75) is 0 Å². The second-order valence-corrected chi connectivity index (χ2v) is 8.97. The van der Waals surface area contributed by atoms with E-state index in [-0.39, 0.29) is 0 Å². The Bertz CT molecular complexity index is 1710. The summed E-state index contributed by atoms with van der Waals surface area (Å²) in [6, 6.07) is 45.7. The molecule has 0 atom stereocenters. The lowest BCUT2D eigenvalue weighted by molar-refractivity contribution is 0.486. The minimum atomic E-state index is 0.812. The van der Waals surface area contributed by atoms with E-state index in [1.165, 1.54) is 10.8 Å². The van der Waals surface area contributed by atoms with Crippen LogP contribution in [-0.4, -0.2) is 0 Å². The van der Waals surface area contributed by atoms with E-state index in [0.717, 1.165) is 55.3 Å². The van der Waals surface area contributed by atoms with Crippen LogP contribution in [0.5, 0.6) is 23.0 Å². The summed E-state index contributed by atoms with van der Waals surface area (Å²) in [7, 11) is 0. The van der Waals surface area contributed by atoms with Crippen molar-refractivity contribution in [3.63, 3.8) is 0 Å². The van der Waals surface area contributed by atoms with Gasteiger partial charge >= 0.3 is 0 Å². The van der Waals surface area contributed by atoms with Gasteiger partial charge in [-0.1, -0.05) is 109 Å². The van der Waals surface area contributed by atoms with Crippen molar-refractivity contribution in [3.8, 4) is 23.0 Å². The standard InChI is InChI=1S/C34H22O2/c1-3-11-25-21-27(19-17-23(25)9-1)35-33-29-13-5-7-15-31(29)34(32-16-8-6-14-30(32)33)36-28-20-18-24-10-2-4-12-26(24)22-28/h1-22H. The van der Waals surface area contributed by atoms with Crippen LogP contribution in [0, 0.1) is 0 Å². The molecule has 2 nitrogen and oxygen atoms in total. The van der Waals surface area contributed by atoms with E-state index in [9.17, 15) is 0 Å². The van der Waals surface area contributed by atoms with Crippen LogP contribution in [0.25, 0.3) is 43.1 Å². The third-order valence-electron chi connectivity index (χ3n) is 6.71. The first kappa shape index (κ1) is 20.5. The van der Waals surface area contributed by atoms with Crippen LogP contribution in [0.2, 0.25) is 0 Å². The van der Waals surface area contributed by atoms with Crippen LogP contribution in [0.3, 0.4) is 0 Å². The highest BCUT2D eigenvalue weighted by Crippen LogP contribution is 2.46. The molecular weight excluding hydrogens is 440 g/mol. The molecule has 170 valence electrons. The number of ether oxygens (including phenoxy) is 2. The molecule has 0 aliphatic rings. The Hall–Kier alpha value is -4.82. The summed E-state index contributed by atoms with van der Waals surface area (Å²) in [6.45, 7) is 0. The van der Waals surface area contributed by atoms with Crippen LogP contribution in [0.15, 0.2) is 133 Å². The Morgan fingerprint density at radius 3 is 1.03 bits per heavy atom. The van der Waals surface area contributed by atoms with E-state index < -0.39 is 0 Å². The molecule has 0 aliphatic carbocycles. The van der Waals surface area contributed by atoms with Crippen molar-refractivity contribution in [2.24, 2.45) is 0 Å². The first-order chi connectivity index (χ1) is 17.8. The number of hydrogen-bond donors (Lipinski definition) is 0. The topological polar surface area (TPSA) is 18.5 Å². The predicted molar refractivity (Wildman–Crippen MR) is 149 cm³/mol. The van der Waals surface area contributed by atoms with Gasteiger partial charge in [0.15, 0.2) is 0 Å². The van der Waals surface area contributed by atoms with Gasteiger partial charge in [0.2, 0.25) is 0 Å². The van der Waals surface area contributed by atoms with Crippen LogP contribution in [0.4, 0.5) is 0 Å². The van der Waals surface area contributed by atoms with Gasteiger partial charge in [-0.2, -0.15) is 0 Å². The fourth-order valence-electron chi connectivity index (χ4n) is 4.97. The maximum atomic E-state index is 6.62. The summed E-state index contributed by atoms with van der Waals surface area (Å²) in [6.07, 6.45) is 0. The first-order valence-electron chi connectivity index (χ1n) is 12.1. The third kappa shape index (κ3) is 3.52. The normalized spacial score (nSPS) is 11.3. The molecule has 0 fully saturated rings. The maximum Gasteiger partial charge on any atom is 0.143 e. The highest BCUT2D eigenvalue weighted by Gasteiger charge is 2.17. The van der Waals surface area contributed by atoms with E-state index >= 15 is 0 Å². The lowest BCUT2D eigenvalue weighted by Gasteiger charge is -2.18. The second kappa shape index (κ2) is 8.44. The molecule has 0 bridgehead atoms. The van der Waals surface area contributed by atoms with Gasteiger partial charge in [-0.3, -0.25) is 0 Å². The van der Waals surface area contributed by atoms with E-state index in [0.29, 0.717) is 0 Å². The monoisotopic (exact) mass is 462 g/mol. The van der Waals surface area contributed by atoms with Gasteiger partial charge in [-0.05, 0) is 45.8 Å². The average Bonchev–Trinajstić information content (AvgIpc) is 2.94. The van der Waals surface area contributed by atoms with Gasteiger partial charge in [0.25, 0.3) is 0 Å². The molecule has 0 N–H and O–H groups in total. The SMILES string of the molecule is c1ccc2cc(Oc3c4ccccc4c(Oc4ccc5ccccc5c4)c4ccccc34)ccc2c1. The van der Waals surface area contributed by atoms with Gasteiger partial charge < -0.3 is 9.47 Å². The van der Waals surface area contributed by atoms with Gasteiger partial charge in [0, 0.05) is 21.5 Å². The highest BCUT2D eigenvalue weighted by atomic mass is 16.5. The molecule has 36 heavy (non-hydrogen) atoms. The lowest BCUT2D eigenvalue weighted by Crippen LogP contribution is -1.93. The fraction of sp³-hybridized carbons (Fsp3) is 0. The average molecular weight is 463 g/mol. The molecule has 7 aromatic rings. The highest BCUT2D eigenvalue weighted by molar-refractivity contribution is 6.11. The maximum absolute atomic E-state index is 6.62. The van der Waals surface area contributed by atoms with Crippen molar-refractivity contribution in [3.05, 3.63) is 133 Å². The van der Waals surface area contributed by atoms with Crippen LogP contribution in [-0.2, 0) is 0 Å². The van der Waals surface area contributed by atoms with Gasteiger partial charge in [0.05, 0.1) is 0 Å². The lowest BCUT2D eigenvalue weighted by atomic mass is 10.0. The van der Waals surface area contributed by atoms with Gasteiger partial charge in [0.1, 0.15) is 23.0 Å². The van der Waals surface area contributed by atoms with E-state index in [2.05, 4.69) is 97.1 Å². The second-order valence-electron chi connectivity index (χ2n) is 8.97. The zero-order valence-electron chi connectivity index (χ0n) is 19.5. The minimum Gasteiger partial charge on any atom is -0.456 e. The Morgan fingerprint density at radius 1 is 0.306 bits per heavy atom. The molecular formula is C34H22O2. The number of fused-ring (bicyclic) bond motifs is 4. The third-order valence-corrected chi connectivity index (χ3v) is 6.71. The molecule has 0 heterocycles. The van der Waals surface area contributed by atoms with Gasteiger partial charge in [-0.15, -0.1) is 0 Å². The zero-order chi connectivity index (χ0) is 23.9. The molecule has 0 saturated carbocycles. The minimum absolute atomic E-state index is 0.812. The van der Waals surface area contributed by atoms with Crippen molar-refractivity contribution < 1.29 is 9.47 Å². The van der Waals surface area contributed by atoms with Crippen LogP contribution < -0.4 is 9.47 Å². The Balaban J connectivity index is 1.41. The predicted octanol–water partition coefficient (Wildman–Crippen LogP) is 9.88.